The molecule has 0 aliphatic carbocycles. The molecule has 0 aromatic carbocycles. The molecule has 0 atom stereocenters. The second-order valence-corrected chi connectivity index (χ2v) is 4.01. The number of halogens is 2. The summed E-state index contributed by atoms with van der Waals surface area (Å²) in [6.45, 7) is 1.63. The van der Waals surface area contributed by atoms with Crippen LogP contribution in [0.4, 0.5) is 0 Å². The van der Waals surface area contributed by atoms with E-state index < -0.39 is 0 Å². The van der Waals surface area contributed by atoms with E-state index in [1.165, 1.54) is 0 Å². The van der Waals surface area contributed by atoms with Crippen LogP contribution in [-0.4, -0.2) is 35.0 Å². The van der Waals surface area contributed by atoms with Crippen LogP contribution in [0.5, 0.6) is 0 Å². The molecule has 1 fully saturated rings. The topological polar surface area (TPSA) is 71.2 Å². The predicted molar refractivity (Wildman–Crippen MR) is 75.0 cm³/mol. The number of hydrogen-bond donors (Lipinski definition) is 2. The molecule has 5 nitrogen and oxygen atoms in total. The second kappa shape index (κ2) is 8.26. The number of aromatic nitrogens is 1. The number of amides is 1. The van der Waals surface area contributed by atoms with E-state index in [-0.39, 0.29) is 36.8 Å². The molecule has 102 valence electrons. The fourth-order valence-electron chi connectivity index (χ4n) is 1.72. The highest BCUT2D eigenvalue weighted by Crippen LogP contribution is 2.06. The summed E-state index contributed by atoms with van der Waals surface area (Å²) in [4.78, 5) is 15.7. The third kappa shape index (κ3) is 4.78. The number of nitrogens with zero attached hydrogens (tertiary/aromatic N) is 2. The van der Waals surface area contributed by atoms with E-state index in [0.717, 1.165) is 25.9 Å². The molecule has 1 amide bonds. The van der Waals surface area contributed by atoms with Gasteiger partial charge in [-0.15, -0.1) is 24.8 Å². The fourth-order valence-corrected chi connectivity index (χ4v) is 1.72. The Balaban J connectivity index is 0.00000144. The lowest BCUT2D eigenvalue weighted by Gasteiger charge is -2.30. The number of pyridine rings is 1. The minimum atomic E-state index is -0.108. The van der Waals surface area contributed by atoms with Crippen LogP contribution in [0.1, 0.15) is 23.2 Å². The van der Waals surface area contributed by atoms with Crippen LogP contribution in [-0.2, 0) is 0 Å². The van der Waals surface area contributed by atoms with E-state index >= 15 is 0 Å². The summed E-state index contributed by atoms with van der Waals surface area (Å²) < 4.78 is 0. The SMILES string of the molecule is Cl.Cl.NC1CCN(NC(=O)c2cccnc2)CC1. The average molecular weight is 293 g/mol. The molecule has 1 aliphatic rings. The van der Waals surface area contributed by atoms with Crippen LogP contribution in [0.3, 0.4) is 0 Å². The van der Waals surface area contributed by atoms with Crippen molar-refractivity contribution in [1.29, 1.82) is 0 Å². The Bertz CT molecular complexity index is 355. The highest BCUT2D eigenvalue weighted by Gasteiger charge is 2.17. The lowest BCUT2D eigenvalue weighted by Crippen LogP contribution is -2.49. The molecule has 1 saturated heterocycles. The zero-order valence-corrected chi connectivity index (χ0v) is 11.5. The summed E-state index contributed by atoms with van der Waals surface area (Å²) in [7, 11) is 0. The van der Waals surface area contributed by atoms with Gasteiger partial charge in [-0.25, -0.2) is 5.01 Å². The van der Waals surface area contributed by atoms with Crippen molar-refractivity contribution in [2.24, 2.45) is 5.73 Å². The lowest BCUT2D eigenvalue weighted by atomic mass is 10.1. The smallest absolute Gasteiger partial charge is 0.267 e. The molecule has 2 heterocycles. The van der Waals surface area contributed by atoms with Crippen molar-refractivity contribution in [2.75, 3.05) is 13.1 Å². The maximum Gasteiger partial charge on any atom is 0.267 e. The summed E-state index contributed by atoms with van der Waals surface area (Å²) in [5.41, 5.74) is 9.22. The summed E-state index contributed by atoms with van der Waals surface area (Å²) >= 11 is 0. The number of carbonyl (C=O) groups is 1. The Kier molecular flexibility index (Phi) is 7.86. The largest absolute Gasteiger partial charge is 0.328 e. The molecule has 0 unspecified atom stereocenters. The second-order valence-electron chi connectivity index (χ2n) is 4.01. The van der Waals surface area contributed by atoms with Gasteiger partial charge in [-0.2, -0.15) is 0 Å². The Morgan fingerprint density at radius 2 is 2.06 bits per heavy atom. The number of hydrogen-bond acceptors (Lipinski definition) is 4. The Morgan fingerprint density at radius 1 is 1.39 bits per heavy atom. The van der Waals surface area contributed by atoms with Crippen LogP contribution in [0, 0.1) is 0 Å². The van der Waals surface area contributed by atoms with E-state index in [1.807, 2.05) is 5.01 Å². The molecule has 0 radical (unpaired) electrons. The van der Waals surface area contributed by atoms with Gasteiger partial charge < -0.3 is 5.73 Å². The van der Waals surface area contributed by atoms with E-state index in [0.29, 0.717) is 5.56 Å². The number of piperidine rings is 1. The number of nitrogens with one attached hydrogen (secondary N) is 1. The number of hydrazine groups is 1. The van der Waals surface area contributed by atoms with Gasteiger partial charge >= 0.3 is 0 Å². The molecule has 2 rings (SSSR count). The first-order valence-corrected chi connectivity index (χ1v) is 5.47. The number of carbonyl (C=O) groups excluding carboxylic acids is 1. The number of rotatable bonds is 2. The van der Waals surface area contributed by atoms with Crippen LogP contribution < -0.4 is 11.2 Å². The van der Waals surface area contributed by atoms with Crippen molar-refractivity contribution in [3.8, 4) is 0 Å². The van der Waals surface area contributed by atoms with Crippen molar-refractivity contribution in [3.63, 3.8) is 0 Å². The molecule has 3 N–H and O–H groups in total. The van der Waals surface area contributed by atoms with Gasteiger partial charge in [-0.3, -0.25) is 15.2 Å². The summed E-state index contributed by atoms with van der Waals surface area (Å²) in [5.74, 6) is -0.108. The van der Waals surface area contributed by atoms with Gasteiger partial charge in [-0.1, -0.05) is 0 Å². The van der Waals surface area contributed by atoms with Crippen molar-refractivity contribution in [3.05, 3.63) is 30.1 Å². The van der Waals surface area contributed by atoms with Crippen molar-refractivity contribution < 1.29 is 4.79 Å². The zero-order chi connectivity index (χ0) is 11.4. The molecule has 1 aromatic heterocycles. The Morgan fingerprint density at radius 3 is 2.61 bits per heavy atom. The lowest BCUT2D eigenvalue weighted by molar-refractivity contribution is 0.0736. The molecular weight excluding hydrogens is 275 g/mol. The fraction of sp³-hybridized carbons (Fsp3) is 0.455. The van der Waals surface area contributed by atoms with Crippen molar-refractivity contribution in [1.82, 2.24) is 15.4 Å². The first-order chi connectivity index (χ1) is 7.75. The molecular formula is C11H18Cl2N4O. The first-order valence-electron chi connectivity index (χ1n) is 5.47. The molecule has 0 bridgehead atoms. The Hall–Kier alpha value is -0.880. The zero-order valence-electron chi connectivity index (χ0n) is 9.91. The van der Waals surface area contributed by atoms with E-state index in [4.69, 9.17) is 5.73 Å². The maximum atomic E-state index is 11.8. The minimum Gasteiger partial charge on any atom is -0.328 e. The van der Waals surface area contributed by atoms with Gasteiger partial charge in [0, 0.05) is 31.5 Å². The van der Waals surface area contributed by atoms with Gasteiger partial charge in [0.2, 0.25) is 0 Å². The third-order valence-corrected chi connectivity index (χ3v) is 2.72. The van der Waals surface area contributed by atoms with E-state index in [2.05, 4.69) is 10.4 Å². The molecule has 1 aromatic rings. The van der Waals surface area contributed by atoms with Crippen molar-refractivity contribution >= 4 is 30.7 Å². The summed E-state index contributed by atoms with van der Waals surface area (Å²) in [5, 5.41) is 1.92. The highest BCUT2D eigenvalue weighted by molar-refractivity contribution is 5.93. The standard InChI is InChI=1S/C11H16N4O.2ClH/c12-10-3-6-15(7-4-10)14-11(16)9-2-1-5-13-8-9;;/h1-2,5,8,10H,3-4,6-7,12H2,(H,14,16);2*1H. The quantitative estimate of drug-likeness (QED) is 0.853. The van der Waals surface area contributed by atoms with Crippen LogP contribution >= 0.6 is 24.8 Å². The average Bonchev–Trinajstić information content (AvgIpc) is 2.33. The minimum absolute atomic E-state index is 0. The maximum absolute atomic E-state index is 11.8. The predicted octanol–water partition coefficient (Wildman–Crippen LogP) is 0.993. The van der Waals surface area contributed by atoms with Crippen LogP contribution in [0.2, 0.25) is 0 Å². The molecule has 0 saturated carbocycles. The van der Waals surface area contributed by atoms with E-state index in [9.17, 15) is 4.79 Å². The van der Waals surface area contributed by atoms with Crippen LogP contribution in [0.25, 0.3) is 0 Å². The molecule has 7 heteroatoms. The van der Waals surface area contributed by atoms with Gasteiger partial charge in [0.25, 0.3) is 5.91 Å². The summed E-state index contributed by atoms with van der Waals surface area (Å²) in [6, 6.07) is 3.77. The van der Waals surface area contributed by atoms with Gasteiger partial charge in [0.05, 0.1) is 5.56 Å². The van der Waals surface area contributed by atoms with Gasteiger partial charge in [0.15, 0.2) is 0 Å². The van der Waals surface area contributed by atoms with Crippen LogP contribution in [0.15, 0.2) is 24.5 Å². The van der Waals surface area contributed by atoms with Crippen molar-refractivity contribution in [2.45, 2.75) is 18.9 Å². The normalized spacial score (nSPS) is 16.3. The summed E-state index contributed by atoms with van der Waals surface area (Å²) in [6.07, 6.45) is 5.06. The highest BCUT2D eigenvalue weighted by atomic mass is 35.5. The first kappa shape index (κ1) is 17.1. The molecule has 1 aliphatic heterocycles. The van der Waals surface area contributed by atoms with Gasteiger partial charge in [0.1, 0.15) is 0 Å². The monoisotopic (exact) mass is 292 g/mol. The van der Waals surface area contributed by atoms with E-state index in [1.54, 1.807) is 24.5 Å². The number of nitrogens with two attached hydrogens (primary N) is 1. The van der Waals surface area contributed by atoms with Gasteiger partial charge in [-0.05, 0) is 25.0 Å². The molecule has 18 heavy (non-hydrogen) atoms. The molecule has 0 spiro atoms. The Labute approximate surface area is 119 Å². The third-order valence-electron chi connectivity index (χ3n) is 2.72.